The van der Waals surface area contributed by atoms with Crippen LogP contribution in [0.3, 0.4) is 0 Å². The van der Waals surface area contributed by atoms with Crippen LogP contribution in [0.4, 0.5) is 0 Å². The van der Waals surface area contributed by atoms with Gasteiger partial charge in [-0.25, -0.2) is 0 Å². The molecule has 1 aromatic carbocycles. The molecule has 0 saturated carbocycles. The van der Waals surface area contributed by atoms with Crippen molar-refractivity contribution in [1.82, 2.24) is 4.90 Å². The van der Waals surface area contributed by atoms with Crippen LogP contribution in [0.15, 0.2) is 24.3 Å². The van der Waals surface area contributed by atoms with Crippen LogP contribution in [0.25, 0.3) is 0 Å². The van der Waals surface area contributed by atoms with Gasteiger partial charge in [-0.2, -0.15) is 5.26 Å². The van der Waals surface area contributed by atoms with Crippen LogP contribution in [-0.2, 0) is 0 Å². The van der Waals surface area contributed by atoms with E-state index in [4.69, 9.17) is 10.00 Å². The molecule has 1 aromatic rings. The van der Waals surface area contributed by atoms with E-state index in [1.165, 1.54) is 19.5 Å². The Morgan fingerprint density at radius 2 is 2.10 bits per heavy atom. The van der Waals surface area contributed by atoms with Crippen molar-refractivity contribution in [1.29, 1.82) is 5.26 Å². The highest BCUT2D eigenvalue weighted by Crippen LogP contribution is 2.22. The second-order valence-corrected chi connectivity index (χ2v) is 5.85. The molecule has 1 aliphatic rings. The summed E-state index contributed by atoms with van der Waals surface area (Å²) in [6.45, 7) is 8.88. The lowest BCUT2D eigenvalue weighted by molar-refractivity contribution is 0.130. The number of hydrogen-bond acceptors (Lipinski definition) is 3. The maximum absolute atomic E-state index is 8.99. The zero-order valence-electron chi connectivity index (χ0n) is 12.5. The summed E-state index contributed by atoms with van der Waals surface area (Å²) in [6.07, 6.45) is 2.32. The van der Waals surface area contributed by atoms with E-state index in [0.29, 0.717) is 17.9 Å². The number of hydrogen-bond donors (Lipinski definition) is 0. The van der Waals surface area contributed by atoms with Crippen molar-refractivity contribution in [2.24, 2.45) is 11.8 Å². The SMILES string of the molecule is C[C@@H]1CCN(CCCOc2ccccc2C#N)C[C@H]1C. The fourth-order valence-electron chi connectivity index (χ4n) is 2.71. The number of piperidine rings is 1. The number of nitriles is 1. The van der Waals surface area contributed by atoms with Gasteiger partial charge in [0.25, 0.3) is 0 Å². The van der Waals surface area contributed by atoms with Gasteiger partial charge in [0.2, 0.25) is 0 Å². The molecule has 1 saturated heterocycles. The van der Waals surface area contributed by atoms with E-state index in [1.807, 2.05) is 18.2 Å². The molecule has 0 aromatic heterocycles. The Kier molecular flexibility index (Phi) is 5.43. The Labute approximate surface area is 122 Å². The van der Waals surface area contributed by atoms with Crippen LogP contribution in [0.2, 0.25) is 0 Å². The Bertz CT molecular complexity index is 466. The molecular weight excluding hydrogens is 248 g/mol. The predicted molar refractivity (Wildman–Crippen MR) is 80.7 cm³/mol. The monoisotopic (exact) mass is 272 g/mol. The average molecular weight is 272 g/mol. The molecule has 0 amide bonds. The molecule has 108 valence electrons. The average Bonchev–Trinajstić information content (AvgIpc) is 2.47. The molecule has 0 aliphatic carbocycles. The molecule has 0 bridgehead atoms. The minimum Gasteiger partial charge on any atom is -0.492 e. The van der Waals surface area contributed by atoms with Crippen LogP contribution in [-0.4, -0.2) is 31.1 Å². The first-order valence-electron chi connectivity index (χ1n) is 7.55. The van der Waals surface area contributed by atoms with Gasteiger partial charge in [0.05, 0.1) is 12.2 Å². The summed E-state index contributed by atoms with van der Waals surface area (Å²) >= 11 is 0. The summed E-state index contributed by atoms with van der Waals surface area (Å²) in [5, 5.41) is 8.99. The van der Waals surface area contributed by atoms with E-state index in [0.717, 1.165) is 24.8 Å². The molecule has 0 radical (unpaired) electrons. The van der Waals surface area contributed by atoms with Crippen molar-refractivity contribution in [2.45, 2.75) is 26.7 Å². The first-order chi connectivity index (χ1) is 9.70. The van der Waals surface area contributed by atoms with Gasteiger partial charge in [-0.3, -0.25) is 0 Å². The number of para-hydroxylation sites is 1. The summed E-state index contributed by atoms with van der Waals surface area (Å²) in [5.74, 6) is 2.35. The maximum Gasteiger partial charge on any atom is 0.137 e. The molecule has 1 fully saturated rings. The maximum atomic E-state index is 8.99. The van der Waals surface area contributed by atoms with E-state index >= 15 is 0 Å². The van der Waals surface area contributed by atoms with Crippen LogP contribution in [0, 0.1) is 23.2 Å². The minimum atomic E-state index is 0.618. The Hall–Kier alpha value is -1.53. The van der Waals surface area contributed by atoms with E-state index in [2.05, 4.69) is 24.8 Å². The number of ether oxygens (including phenoxy) is 1. The van der Waals surface area contributed by atoms with Crippen LogP contribution >= 0.6 is 0 Å². The van der Waals surface area contributed by atoms with Gasteiger partial charge in [0.1, 0.15) is 11.8 Å². The van der Waals surface area contributed by atoms with Crippen molar-refractivity contribution in [2.75, 3.05) is 26.2 Å². The fourth-order valence-corrected chi connectivity index (χ4v) is 2.71. The fraction of sp³-hybridized carbons (Fsp3) is 0.588. The molecule has 0 unspecified atom stereocenters. The van der Waals surface area contributed by atoms with Gasteiger partial charge in [-0.05, 0) is 43.4 Å². The molecule has 1 aliphatic heterocycles. The van der Waals surface area contributed by atoms with Crippen molar-refractivity contribution < 1.29 is 4.74 Å². The number of benzene rings is 1. The largest absolute Gasteiger partial charge is 0.492 e. The van der Waals surface area contributed by atoms with E-state index in [1.54, 1.807) is 6.07 Å². The van der Waals surface area contributed by atoms with E-state index in [-0.39, 0.29) is 0 Å². The van der Waals surface area contributed by atoms with Crippen LogP contribution in [0.1, 0.15) is 32.3 Å². The second kappa shape index (κ2) is 7.31. The summed E-state index contributed by atoms with van der Waals surface area (Å²) in [5.41, 5.74) is 0.618. The molecule has 3 heteroatoms. The Balaban J connectivity index is 1.71. The quantitative estimate of drug-likeness (QED) is 0.772. The highest BCUT2D eigenvalue weighted by Gasteiger charge is 2.21. The molecule has 2 rings (SSSR count). The highest BCUT2D eigenvalue weighted by atomic mass is 16.5. The van der Waals surface area contributed by atoms with Crippen LogP contribution in [0.5, 0.6) is 5.75 Å². The molecule has 20 heavy (non-hydrogen) atoms. The number of nitrogens with zero attached hydrogens (tertiary/aromatic N) is 2. The van der Waals surface area contributed by atoms with Crippen molar-refractivity contribution >= 4 is 0 Å². The van der Waals surface area contributed by atoms with Gasteiger partial charge in [-0.15, -0.1) is 0 Å². The lowest BCUT2D eigenvalue weighted by Crippen LogP contribution is -2.39. The van der Waals surface area contributed by atoms with Crippen molar-refractivity contribution in [3.05, 3.63) is 29.8 Å². The number of rotatable bonds is 5. The lowest BCUT2D eigenvalue weighted by atomic mass is 9.89. The van der Waals surface area contributed by atoms with E-state index in [9.17, 15) is 0 Å². The minimum absolute atomic E-state index is 0.618. The first-order valence-corrected chi connectivity index (χ1v) is 7.55. The zero-order chi connectivity index (χ0) is 14.4. The number of likely N-dealkylation sites (tertiary alicyclic amines) is 1. The molecule has 0 spiro atoms. The molecule has 1 heterocycles. The van der Waals surface area contributed by atoms with Gasteiger partial charge in [0, 0.05) is 13.1 Å². The predicted octanol–water partition coefficient (Wildman–Crippen LogP) is 3.31. The molecule has 3 nitrogen and oxygen atoms in total. The van der Waals surface area contributed by atoms with Gasteiger partial charge in [0.15, 0.2) is 0 Å². The second-order valence-electron chi connectivity index (χ2n) is 5.85. The first kappa shape index (κ1) is 14.9. The van der Waals surface area contributed by atoms with Crippen LogP contribution < -0.4 is 4.74 Å². The summed E-state index contributed by atoms with van der Waals surface area (Å²) in [6, 6.07) is 9.59. The van der Waals surface area contributed by atoms with Gasteiger partial charge in [-0.1, -0.05) is 26.0 Å². The van der Waals surface area contributed by atoms with Crippen molar-refractivity contribution in [3.8, 4) is 11.8 Å². The zero-order valence-corrected chi connectivity index (χ0v) is 12.5. The third kappa shape index (κ3) is 3.98. The lowest BCUT2D eigenvalue weighted by Gasteiger charge is -2.35. The van der Waals surface area contributed by atoms with Gasteiger partial charge < -0.3 is 9.64 Å². The molecular formula is C17H24N2O. The third-order valence-electron chi connectivity index (χ3n) is 4.30. The Morgan fingerprint density at radius 3 is 2.85 bits per heavy atom. The molecule has 0 N–H and O–H groups in total. The smallest absolute Gasteiger partial charge is 0.137 e. The Morgan fingerprint density at radius 1 is 1.30 bits per heavy atom. The van der Waals surface area contributed by atoms with Crippen molar-refractivity contribution in [3.63, 3.8) is 0 Å². The summed E-state index contributed by atoms with van der Waals surface area (Å²) in [4.78, 5) is 2.53. The van der Waals surface area contributed by atoms with Gasteiger partial charge >= 0.3 is 0 Å². The van der Waals surface area contributed by atoms with E-state index < -0.39 is 0 Å². The molecule has 2 atom stereocenters. The topological polar surface area (TPSA) is 36.3 Å². The summed E-state index contributed by atoms with van der Waals surface area (Å²) in [7, 11) is 0. The highest BCUT2D eigenvalue weighted by molar-refractivity contribution is 5.42. The third-order valence-corrected chi connectivity index (χ3v) is 4.30. The normalized spacial score (nSPS) is 23.2. The standard InChI is InChI=1S/C17H24N2O/c1-14-8-10-19(13-15(14)2)9-5-11-20-17-7-4-3-6-16(17)12-18/h3-4,6-7,14-15H,5,8-11,13H2,1-2H3/t14-,15-/m1/s1. The summed E-state index contributed by atoms with van der Waals surface area (Å²) < 4.78 is 5.72.